The normalized spacial score (nSPS) is 16.2. The molecule has 1 atom stereocenters. The van der Waals surface area contributed by atoms with E-state index in [1.807, 2.05) is 0 Å². The van der Waals surface area contributed by atoms with Crippen LogP contribution in [0.4, 0.5) is 5.69 Å². The van der Waals surface area contributed by atoms with Crippen molar-refractivity contribution in [1.29, 1.82) is 0 Å². The summed E-state index contributed by atoms with van der Waals surface area (Å²) in [4.78, 5) is 48.0. The number of aromatic nitrogens is 4. The van der Waals surface area contributed by atoms with Gasteiger partial charge in [0.05, 0.1) is 6.20 Å². The molecule has 0 spiro atoms. The number of carbonyl (C=O) groups is 2. The summed E-state index contributed by atoms with van der Waals surface area (Å²) < 4.78 is 5.87. The van der Waals surface area contributed by atoms with Gasteiger partial charge >= 0.3 is 0 Å². The first-order valence-electron chi connectivity index (χ1n) is 9.66. The van der Waals surface area contributed by atoms with Gasteiger partial charge in [0.1, 0.15) is 23.5 Å². The van der Waals surface area contributed by atoms with E-state index in [1.165, 1.54) is 24.1 Å². The zero-order chi connectivity index (χ0) is 22.0. The van der Waals surface area contributed by atoms with Crippen LogP contribution in [0.2, 0.25) is 0 Å². The number of carbonyl (C=O) groups excluding carboxylic acids is 2. The fourth-order valence-electron chi connectivity index (χ4n) is 3.61. The fraction of sp³-hybridized carbons (Fsp3) is 0.300. The molecule has 0 aliphatic carbocycles. The van der Waals surface area contributed by atoms with E-state index in [4.69, 9.17) is 0 Å². The third kappa shape index (κ3) is 4.02. The lowest BCUT2D eigenvalue weighted by Gasteiger charge is -2.33. The number of hydrogen-bond acceptors (Lipinski definition) is 8. The molecule has 0 aromatic carbocycles. The summed E-state index contributed by atoms with van der Waals surface area (Å²) in [5.74, 6) is -1.70. The SMILES string of the molecule is Cn1c(C2CCCN(C(=O)c3ccccn3)C2)nc(C(=O)Nc2cnoc2)c(O)c1=O. The Balaban J connectivity index is 1.62. The molecule has 160 valence electrons. The van der Waals surface area contributed by atoms with Gasteiger partial charge < -0.3 is 19.8 Å². The minimum Gasteiger partial charge on any atom is -0.501 e. The van der Waals surface area contributed by atoms with Gasteiger partial charge in [0.2, 0.25) is 5.75 Å². The van der Waals surface area contributed by atoms with E-state index in [0.717, 1.165) is 0 Å². The second-order valence-corrected chi connectivity index (χ2v) is 7.20. The number of nitrogens with one attached hydrogen (secondary N) is 1. The average Bonchev–Trinajstić information content (AvgIpc) is 3.31. The van der Waals surface area contributed by atoms with E-state index >= 15 is 0 Å². The molecule has 2 N–H and O–H groups in total. The first kappa shape index (κ1) is 20.3. The zero-order valence-electron chi connectivity index (χ0n) is 16.7. The van der Waals surface area contributed by atoms with Crippen molar-refractivity contribution in [3.8, 4) is 5.75 Å². The molecular formula is C20H20N6O5. The molecule has 0 saturated carbocycles. The van der Waals surface area contributed by atoms with E-state index in [0.29, 0.717) is 37.4 Å². The van der Waals surface area contributed by atoms with Gasteiger partial charge in [0.25, 0.3) is 17.4 Å². The Labute approximate surface area is 176 Å². The predicted octanol–water partition coefficient (Wildman–Crippen LogP) is 1.14. The van der Waals surface area contributed by atoms with Crippen molar-refractivity contribution in [2.45, 2.75) is 18.8 Å². The summed E-state index contributed by atoms with van der Waals surface area (Å²) in [5.41, 5.74) is -0.538. The largest absolute Gasteiger partial charge is 0.501 e. The molecule has 0 bridgehead atoms. The highest BCUT2D eigenvalue weighted by Gasteiger charge is 2.30. The Morgan fingerprint density at radius 3 is 2.87 bits per heavy atom. The molecule has 4 heterocycles. The summed E-state index contributed by atoms with van der Waals surface area (Å²) in [5, 5.41) is 16.2. The quantitative estimate of drug-likeness (QED) is 0.635. The Hall–Kier alpha value is -4.02. The minimum atomic E-state index is -0.767. The molecule has 3 aromatic heterocycles. The van der Waals surface area contributed by atoms with Crippen LogP contribution in [0.25, 0.3) is 0 Å². The number of pyridine rings is 1. The van der Waals surface area contributed by atoms with Crippen LogP contribution >= 0.6 is 0 Å². The van der Waals surface area contributed by atoms with Gasteiger partial charge in [-0.2, -0.15) is 0 Å². The van der Waals surface area contributed by atoms with E-state index in [-0.39, 0.29) is 17.5 Å². The number of hydrogen-bond donors (Lipinski definition) is 2. The van der Waals surface area contributed by atoms with Crippen LogP contribution in [0.3, 0.4) is 0 Å². The molecule has 1 aliphatic heterocycles. The van der Waals surface area contributed by atoms with Crippen LogP contribution in [-0.4, -0.2) is 54.6 Å². The lowest BCUT2D eigenvalue weighted by atomic mass is 9.96. The molecule has 1 saturated heterocycles. The molecular weight excluding hydrogens is 404 g/mol. The molecule has 11 nitrogen and oxygen atoms in total. The molecule has 1 fully saturated rings. The maximum Gasteiger partial charge on any atom is 0.296 e. The van der Waals surface area contributed by atoms with Crippen LogP contribution in [0.1, 0.15) is 45.6 Å². The predicted molar refractivity (Wildman–Crippen MR) is 108 cm³/mol. The molecule has 4 rings (SSSR count). The molecule has 11 heteroatoms. The third-order valence-corrected chi connectivity index (χ3v) is 5.16. The highest BCUT2D eigenvalue weighted by molar-refractivity contribution is 6.04. The zero-order valence-corrected chi connectivity index (χ0v) is 16.7. The Morgan fingerprint density at radius 2 is 2.16 bits per heavy atom. The molecule has 31 heavy (non-hydrogen) atoms. The Bertz CT molecular complexity index is 1160. The van der Waals surface area contributed by atoms with Crippen LogP contribution in [0.15, 0.2) is 46.2 Å². The fourth-order valence-corrected chi connectivity index (χ4v) is 3.61. The third-order valence-electron chi connectivity index (χ3n) is 5.16. The first-order valence-corrected chi connectivity index (χ1v) is 9.66. The van der Waals surface area contributed by atoms with Gasteiger partial charge in [0, 0.05) is 32.3 Å². The van der Waals surface area contributed by atoms with Gasteiger partial charge in [-0.15, -0.1) is 0 Å². The topological polar surface area (TPSA) is 143 Å². The van der Waals surface area contributed by atoms with Crippen molar-refractivity contribution in [3.05, 3.63) is 64.4 Å². The summed E-state index contributed by atoms with van der Waals surface area (Å²) in [6, 6.07) is 5.12. The van der Waals surface area contributed by atoms with Gasteiger partial charge in [0.15, 0.2) is 5.69 Å². The molecule has 1 unspecified atom stereocenters. The van der Waals surface area contributed by atoms with Crippen molar-refractivity contribution in [3.63, 3.8) is 0 Å². The standard InChI is InChI=1S/C20H20N6O5/c1-25-17(12-5-4-8-26(10-12)19(29)14-6-2-3-7-21-14)24-15(16(27)20(25)30)18(28)23-13-9-22-31-11-13/h2-3,6-7,9,11-12,27H,4-5,8,10H2,1H3,(H,23,28). The summed E-state index contributed by atoms with van der Waals surface area (Å²) in [6.45, 7) is 0.867. The number of amides is 2. The van der Waals surface area contributed by atoms with E-state index in [2.05, 4.69) is 25.0 Å². The van der Waals surface area contributed by atoms with Gasteiger partial charge in [-0.3, -0.25) is 23.9 Å². The van der Waals surface area contributed by atoms with Crippen LogP contribution in [0, 0.1) is 0 Å². The van der Waals surface area contributed by atoms with Crippen LogP contribution in [0.5, 0.6) is 5.75 Å². The monoisotopic (exact) mass is 424 g/mol. The highest BCUT2D eigenvalue weighted by atomic mass is 16.5. The molecule has 3 aromatic rings. The summed E-state index contributed by atoms with van der Waals surface area (Å²) in [6.07, 6.45) is 5.41. The minimum absolute atomic E-state index is 0.209. The average molecular weight is 424 g/mol. The van der Waals surface area contributed by atoms with Crippen molar-refractivity contribution in [2.24, 2.45) is 7.05 Å². The van der Waals surface area contributed by atoms with Gasteiger partial charge in [-0.05, 0) is 25.0 Å². The van der Waals surface area contributed by atoms with Crippen molar-refractivity contribution >= 4 is 17.5 Å². The number of piperidine rings is 1. The number of rotatable bonds is 4. The van der Waals surface area contributed by atoms with Gasteiger partial charge in [-0.1, -0.05) is 11.2 Å². The second-order valence-electron chi connectivity index (χ2n) is 7.20. The maximum atomic E-state index is 12.8. The lowest BCUT2D eigenvalue weighted by molar-refractivity contribution is 0.0696. The Morgan fingerprint density at radius 1 is 1.32 bits per heavy atom. The van der Waals surface area contributed by atoms with Crippen LogP contribution in [-0.2, 0) is 7.05 Å². The van der Waals surface area contributed by atoms with Crippen molar-refractivity contribution < 1.29 is 19.2 Å². The maximum absolute atomic E-state index is 12.8. The van der Waals surface area contributed by atoms with E-state index in [9.17, 15) is 19.5 Å². The van der Waals surface area contributed by atoms with E-state index < -0.39 is 22.9 Å². The molecule has 0 radical (unpaired) electrons. The molecule has 2 amide bonds. The summed E-state index contributed by atoms with van der Waals surface area (Å²) in [7, 11) is 1.48. The molecule has 1 aliphatic rings. The van der Waals surface area contributed by atoms with Gasteiger partial charge in [-0.25, -0.2) is 4.98 Å². The first-order chi connectivity index (χ1) is 15.0. The summed E-state index contributed by atoms with van der Waals surface area (Å²) >= 11 is 0. The van der Waals surface area contributed by atoms with Crippen molar-refractivity contribution in [2.75, 3.05) is 18.4 Å². The number of likely N-dealkylation sites (tertiary alicyclic amines) is 1. The Kier molecular flexibility index (Phi) is 5.48. The number of anilines is 1. The number of aromatic hydroxyl groups is 1. The van der Waals surface area contributed by atoms with Crippen LogP contribution < -0.4 is 10.9 Å². The van der Waals surface area contributed by atoms with Crippen molar-refractivity contribution in [1.82, 2.24) is 24.6 Å². The second kappa shape index (κ2) is 8.38. The van der Waals surface area contributed by atoms with E-state index in [1.54, 1.807) is 29.3 Å². The number of nitrogens with zero attached hydrogens (tertiary/aromatic N) is 5. The lowest BCUT2D eigenvalue weighted by Crippen LogP contribution is -2.41. The highest BCUT2D eigenvalue weighted by Crippen LogP contribution is 2.27. The smallest absolute Gasteiger partial charge is 0.296 e.